The number of pyridine rings is 1. The van der Waals surface area contributed by atoms with Gasteiger partial charge >= 0.3 is 0 Å². The van der Waals surface area contributed by atoms with Crippen LogP contribution in [-0.4, -0.2) is 38.6 Å². The van der Waals surface area contributed by atoms with E-state index in [0.29, 0.717) is 30.0 Å². The lowest BCUT2D eigenvalue weighted by Gasteiger charge is -2.30. The van der Waals surface area contributed by atoms with Crippen LogP contribution in [0.25, 0.3) is 11.5 Å². The molecule has 3 heterocycles. The first-order valence-electron chi connectivity index (χ1n) is 8.43. The number of halogens is 1. The molecule has 0 aliphatic rings. The fourth-order valence-electron chi connectivity index (χ4n) is 2.74. The Hall–Kier alpha value is -2.25. The van der Waals surface area contributed by atoms with E-state index in [0.717, 1.165) is 11.1 Å². The van der Waals surface area contributed by atoms with Gasteiger partial charge < -0.3 is 9.26 Å². The van der Waals surface area contributed by atoms with E-state index in [2.05, 4.69) is 41.0 Å². The van der Waals surface area contributed by atoms with Gasteiger partial charge in [0.15, 0.2) is 5.82 Å². The molecule has 0 aliphatic carbocycles. The second-order valence-electron chi connectivity index (χ2n) is 6.63. The molecular weight excluding hydrogens is 354 g/mol. The van der Waals surface area contributed by atoms with E-state index in [-0.39, 0.29) is 5.92 Å². The largest absolute Gasteiger partial charge is 0.383 e. The van der Waals surface area contributed by atoms with Gasteiger partial charge in [0.2, 0.25) is 0 Å². The molecule has 3 aromatic heterocycles. The number of ether oxygens (including phenoxy) is 1. The van der Waals surface area contributed by atoms with Crippen molar-refractivity contribution in [3.8, 4) is 11.5 Å². The highest BCUT2D eigenvalue weighted by Crippen LogP contribution is 2.38. The van der Waals surface area contributed by atoms with Gasteiger partial charge in [-0.25, -0.2) is 4.98 Å². The molecule has 0 saturated heterocycles. The van der Waals surface area contributed by atoms with Crippen LogP contribution in [0.4, 0.5) is 0 Å². The predicted molar refractivity (Wildman–Crippen MR) is 97.9 cm³/mol. The lowest BCUT2D eigenvalue weighted by molar-refractivity contribution is 0.183. The van der Waals surface area contributed by atoms with Crippen molar-refractivity contribution in [3.63, 3.8) is 0 Å². The molecule has 26 heavy (non-hydrogen) atoms. The molecule has 0 amide bonds. The molecule has 0 radical (unpaired) electrons. The van der Waals surface area contributed by atoms with Crippen LogP contribution in [-0.2, 0) is 16.7 Å². The van der Waals surface area contributed by atoms with E-state index in [4.69, 9.17) is 20.9 Å². The SMILES string of the molecule is COCCn1cc(-c2nc(C(C)(c3ccc(Cl)nc3)C(C)C)no2)cn1. The van der Waals surface area contributed by atoms with Crippen LogP contribution in [0.1, 0.15) is 32.2 Å². The van der Waals surface area contributed by atoms with Crippen molar-refractivity contribution >= 4 is 11.6 Å². The molecule has 0 bridgehead atoms. The van der Waals surface area contributed by atoms with Gasteiger partial charge in [-0.15, -0.1) is 0 Å². The Labute approximate surface area is 157 Å². The summed E-state index contributed by atoms with van der Waals surface area (Å²) in [5, 5.41) is 8.99. The van der Waals surface area contributed by atoms with Gasteiger partial charge in [0, 0.05) is 19.5 Å². The zero-order valence-corrected chi connectivity index (χ0v) is 16.1. The minimum atomic E-state index is -0.453. The van der Waals surface area contributed by atoms with Crippen LogP contribution in [0, 0.1) is 5.92 Å². The molecular formula is C18H22ClN5O2. The van der Waals surface area contributed by atoms with Crippen LogP contribution < -0.4 is 0 Å². The van der Waals surface area contributed by atoms with Gasteiger partial charge in [0.05, 0.1) is 30.3 Å². The Kier molecular flexibility index (Phi) is 5.38. The zero-order valence-electron chi connectivity index (χ0n) is 15.3. The third-order valence-electron chi connectivity index (χ3n) is 4.78. The summed E-state index contributed by atoms with van der Waals surface area (Å²) in [6.45, 7) is 7.57. The first kappa shape index (κ1) is 18.5. The third kappa shape index (κ3) is 3.50. The maximum atomic E-state index is 5.93. The van der Waals surface area contributed by atoms with Gasteiger partial charge in [0.1, 0.15) is 5.15 Å². The molecule has 3 rings (SSSR count). The molecule has 3 aromatic rings. The van der Waals surface area contributed by atoms with E-state index in [1.165, 1.54) is 0 Å². The molecule has 1 unspecified atom stereocenters. The standard InChI is InChI=1S/C18H22ClN5O2/c1-12(2)18(3,14-5-6-15(19)20-10-14)17-22-16(26-23-17)13-9-21-24(11-13)7-8-25-4/h5-6,9-12H,7-8H2,1-4H3. The fourth-order valence-corrected chi connectivity index (χ4v) is 2.85. The van der Waals surface area contributed by atoms with Crippen molar-refractivity contribution in [2.24, 2.45) is 5.92 Å². The summed E-state index contributed by atoms with van der Waals surface area (Å²) in [7, 11) is 1.66. The van der Waals surface area contributed by atoms with Crippen molar-refractivity contribution in [1.82, 2.24) is 24.9 Å². The number of hydrogen-bond acceptors (Lipinski definition) is 6. The summed E-state index contributed by atoms with van der Waals surface area (Å²) in [6, 6.07) is 3.73. The van der Waals surface area contributed by atoms with Crippen LogP contribution in [0.5, 0.6) is 0 Å². The molecule has 1 atom stereocenters. The highest BCUT2D eigenvalue weighted by molar-refractivity contribution is 6.29. The first-order valence-corrected chi connectivity index (χ1v) is 8.81. The molecule has 0 fully saturated rings. The van der Waals surface area contributed by atoms with E-state index in [1.807, 2.05) is 12.3 Å². The third-order valence-corrected chi connectivity index (χ3v) is 5.00. The highest BCUT2D eigenvalue weighted by atomic mass is 35.5. The Bertz CT molecular complexity index is 859. The average Bonchev–Trinajstić information content (AvgIpc) is 3.29. The minimum absolute atomic E-state index is 0.223. The Morgan fingerprint density at radius 3 is 2.77 bits per heavy atom. The molecule has 0 N–H and O–H groups in total. The number of rotatable bonds is 7. The number of aromatic nitrogens is 5. The van der Waals surface area contributed by atoms with Gasteiger partial charge in [-0.3, -0.25) is 4.68 Å². The van der Waals surface area contributed by atoms with Gasteiger partial charge in [-0.05, 0) is 24.5 Å². The molecule has 0 saturated carbocycles. The normalized spacial score (nSPS) is 13.9. The van der Waals surface area contributed by atoms with E-state index in [9.17, 15) is 0 Å². The van der Waals surface area contributed by atoms with Crippen LogP contribution in [0.15, 0.2) is 35.2 Å². The number of methoxy groups -OCH3 is 1. The Morgan fingerprint density at radius 2 is 2.12 bits per heavy atom. The van der Waals surface area contributed by atoms with Crippen LogP contribution >= 0.6 is 11.6 Å². The number of nitrogens with zero attached hydrogens (tertiary/aromatic N) is 5. The molecule has 0 aromatic carbocycles. The van der Waals surface area contributed by atoms with Crippen LogP contribution in [0.3, 0.4) is 0 Å². The lowest BCUT2D eigenvalue weighted by atomic mass is 9.73. The predicted octanol–water partition coefficient (Wildman–Crippen LogP) is 3.59. The van der Waals surface area contributed by atoms with Crippen molar-refractivity contribution in [2.75, 3.05) is 13.7 Å². The summed E-state index contributed by atoms with van der Waals surface area (Å²) >= 11 is 5.93. The van der Waals surface area contributed by atoms with Crippen LogP contribution in [0.2, 0.25) is 5.15 Å². The molecule has 138 valence electrons. The summed E-state index contributed by atoms with van der Waals surface area (Å²) < 4.78 is 12.4. The lowest BCUT2D eigenvalue weighted by Crippen LogP contribution is -2.31. The summed E-state index contributed by atoms with van der Waals surface area (Å²) in [6.07, 6.45) is 5.34. The van der Waals surface area contributed by atoms with Gasteiger partial charge in [0.25, 0.3) is 5.89 Å². The second kappa shape index (κ2) is 7.55. The monoisotopic (exact) mass is 375 g/mol. The molecule has 0 spiro atoms. The summed E-state index contributed by atoms with van der Waals surface area (Å²) in [4.78, 5) is 8.85. The fraction of sp³-hybridized carbons (Fsp3) is 0.444. The molecule has 7 nitrogen and oxygen atoms in total. The van der Waals surface area contributed by atoms with Gasteiger partial charge in [-0.1, -0.05) is 36.7 Å². The Balaban J connectivity index is 1.93. The van der Waals surface area contributed by atoms with E-state index < -0.39 is 5.41 Å². The number of hydrogen-bond donors (Lipinski definition) is 0. The maximum absolute atomic E-state index is 5.93. The average molecular weight is 376 g/mol. The van der Waals surface area contributed by atoms with Crippen molar-refractivity contribution in [3.05, 3.63) is 47.3 Å². The van der Waals surface area contributed by atoms with E-state index >= 15 is 0 Å². The summed E-state index contributed by atoms with van der Waals surface area (Å²) in [5.41, 5.74) is 1.31. The van der Waals surface area contributed by atoms with Crippen molar-refractivity contribution in [2.45, 2.75) is 32.7 Å². The summed E-state index contributed by atoms with van der Waals surface area (Å²) in [5.74, 6) is 1.27. The second-order valence-corrected chi connectivity index (χ2v) is 7.02. The first-order chi connectivity index (χ1) is 12.4. The Morgan fingerprint density at radius 1 is 1.31 bits per heavy atom. The van der Waals surface area contributed by atoms with E-state index in [1.54, 1.807) is 30.3 Å². The quantitative estimate of drug-likeness (QED) is 0.587. The minimum Gasteiger partial charge on any atom is -0.383 e. The van der Waals surface area contributed by atoms with Crippen molar-refractivity contribution in [1.29, 1.82) is 0 Å². The zero-order chi connectivity index (χ0) is 18.7. The maximum Gasteiger partial charge on any atom is 0.261 e. The molecule has 8 heteroatoms. The molecule has 0 aliphatic heterocycles. The van der Waals surface area contributed by atoms with Crippen molar-refractivity contribution < 1.29 is 9.26 Å². The smallest absolute Gasteiger partial charge is 0.261 e. The van der Waals surface area contributed by atoms with Gasteiger partial charge in [-0.2, -0.15) is 10.1 Å². The highest BCUT2D eigenvalue weighted by Gasteiger charge is 2.38. The topological polar surface area (TPSA) is 78.9 Å².